The second-order valence-corrected chi connectivity index (χ2v) is 8.88. The monoisotopic (exact) mass is 470 g/mol. The van der Waals surface area contributed by atoms with Crippen LogP contribution in [0, 0.1) is 5.92 Å². The highest BCUT2D eigenvalue weighted by Gasteiger charge is 2.48. The zero-order valence-corrected chi connectivity index (χ0v) is 19.5. The highest BCUT2D eigenvalue weighted by atomic mass is 16.2. The maximum Gasteiger partial charge on any atom is 0.334 e. The Hall–Kier alpha value is -4.07. The number of allylic oxidation sites excluding steroid dienone is 1. The van der Waals surface area contributed by atoms with Gasteiger partial charge in [0.15, 0.2) is 0 Å². The van der Waals surface area contributed by atoms with Crippen molar-refractivity contribution in [2.45, 2.75) is 32.2 Å². The second-order valence-electron chi connectivity index (χ2n) is 8.88. The van der Waals surface area contributed by atoms with Crippen molar-refractivity contribution in [2.24, 2.45) is 11.0 Å². The molecule has 8 heteroatoms. The summed E-state index contributed by atoms with van der Waals surface area (Å²) >= 11 is 0. The number of likely N-dealkylation sites (N-methyl/N-ethyl adjacent to an activating group) is 1. The lowest BCUT2D eigenvalue weighted by molar-refractivity contribution is -0.145. The first-order chi connectivity index (χ1) is 17.0. The number of nitrogens with zero attached hydrogens (tertiary/aromatic N) is 4. The number of amides is 5. The summed E-state index contributed by atoms with van der Waals surface area (Å²) in [4.78, 5) is 52.2. The molecular weight excluding hydrogens is 444 g/mol. The van der Waals surface area contributed by atoms with Gasteiger partial charge < -0.3 is 0 Å². The fourth-order valence-electron chi connectivity index (χ4n) is 5.12. The number of fused-ring (bicyclic) bond motifs is 1. The molecule has 0 N–H and O–H groups in total. The SMILES string of the molecule is CCN1C(=O)C(=O)N(CC(=O)N2N=C3/C(=C\c4ccccc4)CCC[C@H]3[C@H]2c2ccccc2)C1=O. The number of rotatable bonds is 5. The van der Waals surface area contributed by atoms with Gasteiger partial charge in [-0.25, -0.2) is 14.7 Å². The molecule has 2 atom stereocenters. The zero-order chi connectivity index (χ0) is 24.5. The number of carbonyl (C=O) groups is 4. The second kappa shape index (κ2) is 9.29. The van der Waals surface area contributed by atoms with Crippen LogP contribution in [0.1, 0.15) is 43.4 Å². The molecule has 5 rings (SSSR count). The fourth-order valence-corrected chi connectivity index (χ4v) is 5.12. The number of hydrogen-bond donors (Lipinski definition) is 0. The molecule has 2 fully saturated rings. The molecule has 2 aromatic rings. The summed E-state index contributed by atoms with van der Waals surface area (Å²) in [6.07, 6.45) is 4.82. The van der Waals surface area contributed by atoms with Gasteiger partial charge in [-0.2, -0.15) is 5.10 Å². The Morgan fingerprint density at radius 3 is 2.29 bits per heavy atom. The van der Waals surface area contributed by atoms with Crippen LogP contribution in [0.2, 0.25) is 0 Å². The zero-order valence-electron chi connectivity index (χ0n) is 19.5. The van der Waals surface area contributed by atoms with Crippen molar-refractivity contribution in [3.8, 4) is 0 Å². The Morgan fingerprint density at radius 1 is 0.971 bits per heavy atom. The molecule has 2 aliphatic heterocycles. The third-order valence-corrected chi connectivity index (χ3v) is 6.78. The predicted octanol–water partition coefficient (Wildman–Crippen LogP) is 3.62. The lowest BCUT2D eigenvalue weighted by Crippen LogP contribution is -2.42. The van der Waals surface area contributed by atoms with Crippen molar-refractivity contribution in [2.75, 3.05) is 13.1 Å². The highest BCUT2D eigenvalue weighted by Crippen LogP contribution is 2.44. The minimum absolute atomic E-state index is 0.00353. The average Bonchev–Trinajstić information content (AvgIpc) is 3.37. The molecule has 178 valence electrons. The number of benzene rings is 2. The number of hydrogen-bond acceptors (Lipinski definition) is 5. The van der Waals surface area contributed by atoms with E-state index in [0.717, 1.165) is 51.5 Å². The van der Waals surface area contributed by atoms with E-state index in [1.165, 1.54) is 5.01 Å². The summed E-state index contributed by atoms with van der Waals surface area (Å²) in [6.45, 7) is 1.16. The third kappa shape index (κ3) is 4.05. The van der Waals surface area contributed by atoms with Gasteiger partial charge in [0.1, 0.15) is 6.54 Å². The Bertz CT molecular complexity index is 1240. The molecule has 2 aromatic carbocycles. The smallest absolute Gasteiger partial charge is 0.271 e. The van der Waals surface area contributed by atoms with Crippen molar-refractivity contribution < 1.29 is 19.2 Å². The normalized spacial score (nSPS) is 23.2. The minimum Gasteiger partial charge on any atom is -0.271 e. The first-order valence-electron chi connectivity index (χ1n) is 11.9. The van der Waals surface area contributed by atoms with Gasteiger partial charge >= 0.3 is 17.8 Å². The van der Waals surface area contributed by atoms with Crippen molar-refractivity contribution in [1.82, 2.24) is 14.8 Å². The largest absolute Gasteiger partial charge is 0.334 e. The molecule has 1 aliphatic carbocycles. The van der Waals surface area contributed by atoms with Crippen molar-refractivity contribution in [1.29, 1.82) is 0 Å². The van der Waals surface area contributed by atoms with E-state index in [4.69, 9.17) is 5.10 Å². The number of carbonyl (C=O) groups excluding carboxylic acids is 4. The molecule has 2 heterocycles. The van der Waals surface area contributed by atoms with Gasteiger partial charge in [0.05, 0.1) is 11.8 Å². The van der Waals surface area contributed by atoms with Crippen LogP contribution in [0.3, 0.4) is 0 Å². The van der Waals surface area contributed by atoms with Gasteiger partial charge in [-0.15, -0.1) is 0 Å². The first-order valence-corrected chi connectivity index (χ1v) is 11.9. The molecule has 35 heavy (non-hydrogen) atoms. The first kappa shape index (κ1) is 22.7. The molecule has 0 aromatic heterocycles. The van der Waals surface area contributed by atoms with Gasteiger partial charge in [0.2, 0.25) is 0 Å². The summed E-state index contributed by atoms with van der Waals surface area (Å²) < 4.78 is 0. The van der Waals surface area contributed by atoms with E-state index in [9.17, 15) is 19.2 Å². The van der Waals surface area contributed by atoms with Crippen LogP contribution < -0.4 is 0 Å². The lowest BCUT2D eigenvalue weighted by Gasteiger charge is -2.30. The minimum atomic E-state index is -0.976. The van der Waals surface area contributed by atoms with Crippen LogP contribution in [0.25, 0.3) is 6.08 Å². The molecule has 1 saturated carbocycles. The Morgan fingerprint density at radius 2 is 1.63 bits per heavy atom. The Balaban J connectivity index is 1.49. The van der Waals surface area contributed by atoms with Gasteiger partial charge in [-0.05, 0) is 49.0 Å². The molecule has 5 amide bonds. The average molecular weight is 471 g/mol. The van der Waals surface area contributed by atoms with E-state index in [-0.39, 0.29) is 18.5 Å². The van der Waals surface area contributed by atoms with E-state index in [1.807, 2.05) is 60.7 Å². The van der Waals surface area contributed by atoms with Crippen molar-refractivity contribution in [3.63, 3.8) is 0 Å². The molecule has 0 radical (unpaired) electrons. The van der Waals surface area contributed by atoms with E-state index < -0.39 is 30.3 Å². The van der Waals surface area contributed by atoms with E-state index in [0.29, 0.717) is 0 Å². The van der Waals surface area contributed by atoms with Crippen LogP contribution in [-0.2, 0) is 14.4 Å². The van der Waals surface area contributed by atoms with Crippen molar-refractivity contribution in [3.05, 3.63) is 77.4 Å². The molecule has 8 nitrogen and oxygen atoms in total. The highest BCUT2D eigenvalue weighted by molar-refractivity contribution is 6.45. The van der Waals surface area contributed by atoms with Crippen LogP contribution in [0.15, 0.2) is 71.3 Å². The molecule has 0 spiro atoms. The maximum absolute atomic E-state index is 13.5. The van der Waals surface area contributed by atoms with E-state index >= 15 is 0 Å². The summed E-state index contributed by atoms with van der Waals surface area (Å²) in [5.41, 5.74) is 3.96. The predicted molar refractivity (Wildman–Crippen MR) is 130 cm³/mol. The third-order valence-electron chi connectivity index (χ3n) is 6.78. The summed E-state index contributed by atoms with van der Waals surface area (Å²) in [5, 5.41) is 6.20. The fraction of sp³-hybridized carbons (Fsp3) is 0.296. The maximum atomic E-state index is 13.5. The van der Waals surface area contributed by atoms with Crippen molar-refractivity contribution >= 4 is 35.5 Å². The van der Waals surface area contributed by atoms with Gasteiger partial charge in [0, 0.05) is 12.5 Å². The number of urea groups is 1. The van der Waals surface area contributed by atoms with Crippen LogP contribution in [0.5, 0.6) is 0 Å². The van der Waals surface area contributed by atoms with Gasteiger partial charge in [0.25, 0.3) is 5.91 Å². The number of imide groups is 2. The van der Waals surface area contributed by atoms with Crippen LogP contribution >= 0.6 is 0 Å². The number of hydrazone groups is 1. The van der Waals surface area contributed by atoms with Gasteiger partial charge in [-0.1, -0.05) is 60.7 Å². The quantitative estimate of drug-likeness (QED) is 0.493. The summed E-state index contributed by atoms with van der Waals surface area (Å²) in [5.74, 6) is -2.37. The molecule has 1 saturated heterocycles. The lowest BCUT2D eigenvalue weighted by atomic mass is 9.77. The van der Waals surface area contributed by atoms with Gasteiger partial charge in [-0.3, -0.25) is 19.3 Å². The Labute approximate surface area is 203 Å². The molecule has 0 unspecified atom stereocenters. The van der Waals surface area contributed by atoms with Crippen LogP contribution in [-0.4, -0.2) is 57.4 Å². The summed E-state index contributed by atoms with van der Waals surface area (Å²) in [6, 6.07) is 18.6. The van der Waals surface area contributed by atoms with Crippen LogP contribution in [0.4, 0.5) is 4.79 Å². The topological polar surface area (TPSA) is 90.4 Å². The molecular formula is C27H26N4O4. The molecule has 0 bridgehead atoms. The Kier molecular flexibility index (Phi) is 6.03. The molecule has 3 aliphatic rings. The standard InChI is InChI=1S/C27H26N4O4/c1-2-29-25(33)26(34)30(27(29)35)17-22(32)31-24(19-12-7-4-8-13-19)21-15-9-14-20(23(21)28-31)16-18-10-5-3-6-11-18/h3-8,10-13,16,21,24H,2,9,14-15,17H2,1H3/b20-16-/t21-,24-/m1/s1. The summed E-state index contributed by atoms with van der Waals surface area (Å²) in [7, 11) is 0. The van der Waals surface area contributed by atoms with E-state index in [1.54, 1.807) is 6.92 Å². The van der Waals surface area contributed by atoms with E-state index in [2.05, 4.69) is 6.08 Å².